The van der Waals surface area contributed by atoms with Gasteiger partial charge in [0.2, 0.25) is 0 Å². The summed E-state index contributed by atoms with van der Waals surface area (Å²) in [6.07, 6.45) is -13.9. The summed E-state index contributed by atoms with van der Waals surface area (Å²) in [5.41, 5.74) is 0. The molecule has 2 nitrogen and oxygen atoms in total. The molecule has 0 heterocycles. The summed E-state index contributed by atoms with van der Waals surface area (Å²) >= 11 is 0. The van der Waals surface area contributed by atoms with Crippen LogP contribution in [0, 0.1) is 0 Å². The molecule has 0 N–H and O–H groups in total. The lowest BCUT2D eigenvalue weighted by Crippen LogP contribution is -2.66. The standard InChI is InChI=1S/C6F11O2/c7-2(8,3(9,10)5(13,14)15)4(11,12)6(16,17)19-1-18. The third kappa shape index (κ3) is 2.41. The summed E-state index contributed by atoms with van der Waals surface area (Å²) < 4.78 is 135. The molecule has 0 atom stereocenters. The molecule has 0 aromatic rings. The van der Waals surface area contributed by atoms with Crippen LogP contribution in [0.15, 0.2) is 0 Å². The second-order valence-corrected chi connectivity index (χ2v) is 2.92. The topological polar surface area (TPSA) is 26.3 Å². The van der Waals surface area contributed by atoms with Gasteiger partial charge in [-0.2, -0.15) is 48.3 Å². The van der Waals surface area contributed by atoms with Crippen molar-refractivity contribution in [2.45, 2.75) is 30.1 Å². The van der Waals surface area contributed by atoms with Gasteiger partial charge in [-0.15, -0.1) is 0 Å². The Kier molecular flexibility index (Phi) is 4.07. The van der Waals surface area contributed by atoms with E-state index in [0.717, 1.165) is 0 Å². The largest absolute Gasteiger partial charge is 0.473 e. The van der Waals surface area contributed by atoms with Gasteiger partial charge in [-0.1, -0.05) is 0 Å². The normalized spacial score (nSPS) is 15.3. The predicted molar refractivity (Wildman–Crippen MR) is 32.6 cm³/mol. The Balaban J connectivity index is 5.83. The van der Waals surface area contributed by atoms with Crippen LogP contribution in [0.1, 0.15) is 0 Å². The van der Waals surface area contributed by atoms with Gasteiger partial charge in [-0.25, -0.2) is 4.79 Å². The lowest BCUT2D eigenvalue weighted by molar-refractivity contribution is -0.447. The second-order valence-electron chi connectivity index (χ2n) is 2.92. The molecule has 13 heteroatoms. The van der Waals surface area contributed by atoms with Crippen molar-refractivity contribution in [2.24, 2.45) is 0 Å². The van der Waals surface area contributed by atoms with Crippen LogP contribution in [0.2, 0.25) is 0 Å². The van der Waals surface area contributed by atoms with Crippen molar-refractivity contribution in [3.8, 4) is 0 Å². The summed E-state index contributed by atoms with van der Waals surface area (Å²) in [6.45, 7) is -0.463. The molecule has 19 heavy (non-hydrogen) atoms. The minimum Gasteiger partial charge on any atom is -0.387 e. The molecule has 0 spiro atoms. The number of hydrogen-bond donors (Lipinski definition) is 0. The van der Waals surface area contributed by atoms with Crippen molar-refractivity contribution >= 4 is 6.47 Å². The molecule has 0 bridgehead atoms. The molecule has 1 radical (unpaired) electrons. The van der Waals surface area contributed by atoms with E-state index in [1.54, 1.807) is 0 Å². The summed E-state index contributed by atoms with van der Waals surface area (Å²) in [7, 11) is 0. The van der Waals surface area contributed by atoms with Crippen molar-refractivity contribution < 1.29 is 57.8 Å². The Morgan fingerprint density at radius 1 is 0.632 bits per heavy atom. The van der Waals surface area contributed by atoms with Crippen LogP contribution in [0.4, 0.5) is 48.3 Å². The number of alkyl halides is 11. The maximum absolute atomic E-state index is 12.4. The van der Waals surface area contributed by atoms with Crippen LogP contribution < -0.4 is 0 Å². The second kappa shape index (κ2) is 4.37. The van der Waals surface area contributed by atoms with E-state index in [9.17, 15) is 53.1 Å². The fourth-order valence-corrected chi connectivity index (χ4v) is 0.674. The number of hydrogen-bond acceptors (Lipinski definition) is 2. The fraction of sp³-hybridized carbons (Fsp3) is 0.833. The highest BCUT2D eigenvalue weighted by Gasteiger charge is 2.88. The maximum atomic E-state index is 12.4. The molecule has 0 rings (SSSR count). The Hall–Kier alpha value is -1.30. The fourth-order valence-electron chi connectivity index (χ4n) is 0.674. The van der Waals surface area contributed by atoms with Gasteiger partial charge in [0.1, 0.15) is 0 Å². The van der Waals surface area contributed by atoms with Gasteiger partial charge >= 0.3 is 36.5 Å². The number of halogens is 11. The molecule has 0 aliphatic carbocycles. The van der Waals surface area contributed by atoms with Gasteiger partial charge in [-0.05, 0) is 0 Å². The van der Waals surface area contributed by atoms with Crippen molar-refractivity contribution in [3.63, 3.8) is 0 Å². The predicted octanol–water partition coefficient (Wildman–Crippen LogP) is 3.13. The lowest BCUT2D eigenvalue weighted by Gasteiger charge is -2.35. The third-order valence-corrected chi connectivity index (χ3v) is 1.68. The first-order chi connectivity index (χ1) is 8.06. The lowest BCUT2D eigenvalue weighted by atomic mass is 10.0. The van der Waals surface area contributed by atoms with E-state index < -0.39 is 36.5 Å². The SMILES string of the molecule is O=[C]OC(F)(F)C(F)(F)C(F)(F)C(F)(F)C(F)(F)F. The zero-order valence-electron chi connectivity index (χ0n) is 7.97. The minimum atomic E-state index is -7.58. The first-order valence-corrected chi connectivity index (χ1v) is 3.69. The first-order valence-electron chi connectivity index (χ1n) is 3.69. The van der Waals surface area contributed by atoms with Crippen molar-refractivity contribution in [1.82, 2.24) is 0 Å². The van der Waals surface area contributed by atoms with Gasteiger partial charge in [-0.3, -0.25) is 0 Å². The maximum Gasteiger partial charge on any atom is 0.473 e. The molecular weight excluding hydrogens is 313 g/mol. The average Bonchev–Trinajstić information content (AvgIpc) is 2.14. The van der Waals surface area contributed by atoms with E-state index in [4.69, 9.17) is 0 Å². The van der Waals surface area contributed by atoms with Gasteiger partial charge in [0.25, 0.3) is 0 Å². The number of ether oxygens (including phenoxy) is 1. The number of rotatable bonds is 5. The molecule has 0 aromatic carbocycles. The van der Waals surface area contributed by atoms with Gasteiger partial charge in [0, 0.05) is 0 Å². The summed E-state index contributed by atoms with van der Waals surface area (Å²) in [5.74, 6) is -22.4. The van der Waals surface area contributed by atoms with Crippen LogP contribution in [0.5, 0.6) is 0 Å². The zero-order valence-corrected chi connectivity index (χ0v) is 7.97. The molecule has 0 saturated carbocycles. The van der Waals surface area contributed by atoms with Crippen molar-refractivity contribution in [1.29, 1.82) is 0 Å². The van der Waals surface area contributed by atoms with Crippen molar-refractivity contribution in [2.75, 3.05) is 0 Å². The molecule has 0 unspecified atom stereocenters. The van der Waals surface area contributed by atoms with Crippen LogP contribution in [0.25, 0.3) is 0 Å². The van der Waals surface area contributed by atoms with Crippen LogP contribution >= 0.6 is 0 Å². The van der Waals surface area contributed by atoms with E-state index in [1.807, 2.05) is 4.74 Å². The third-order valence-electron chi connectivity index (χ3n) is 1.68. The van der Waals surface area contributed by atoms with E-state index in [1.165, 1.54) is 0 Å². The highest BCUT2D eigenvalue weighted by Crippen LogP contribution is 2.57. The van der Waals surface area contributed by atoms with Gasteiger partial charge < -0.3 is 4.74 Å². The Labute approximate surface area is 95.7 Å². The molecular formula is C6F11O2. The van der Waals surface area contributed by atoms with Crippen LogP contribution in [0.3, 0.4) is 0 Å². The van der Waals surface area contributed by atoms with Crippen LogP contribution in [-0.2, 0) is 9.53 Å². The summed E-state index contributed by atoms with van der Waals surface area (Å²) in [6, 6.07) is 0. The highest BCUT2D eigenvalue weighted by atomic mass is 19.4. The van der Waals surface area contributed by atoms with E-state index in [-0.39, 0.29) is 0 Å². The van der Waals surface area contributed by atoms with E-state index in [2.05, 4.69) is 0 Å². The van der Waals surface area contributed by atoms with E-state index in [0.29, 0.717) is 0 Å². The van der Waals surface area contributed by atoms with Crippen molar-refractivity contribution in [3.05, 3.63) is 0 Å². The van der Waals surface area contributed by atoms with E-state index >= 15 is 0 Å². The van der Waals surface area contributed by atoms with Gasteiger partial charge in [0.15, 0.2) is 0 Å². The minimum absolute atomic E-state index is 0.463. The summed E-state index contributed by atoms with van der Waals surface area (Å²) in [5, 5.41) is 0. The monoisotopic (exact) mass is 313 g/mol. The quantitative estimate of drug-likeness (QED) is 0.729. The highest BCUT2D eigenvalue weighted by molar-refractivity contribution is 5.39. The molecule has 0 fully saturated rings. The molecule has 0 aliphatic heterocycles. The van der Waals surface area contributed by atoms with Gasteiger partial charge in [0.05, 0.1) is 0 Å². The Bertz CT molecular complexity index is 344. The zero-order chi connectivity index (χ0) is 15.9. The number of carbonyl (C=O) groups excluding carboxylic acids is 1. The van der Waals surface area contributed by atoms with Crippen LogP contribution in [-0.4, -0.2) is 36.5 Å². The molecule has 0 saturated heterocycles. The molecule has 113 valence electrons. The molecule has 0 aliphatic rings. The smallest absolute Gasteiger partial charge is 0.387 e. The Morgan fingerprint density at radius 2 is 1.00 bits per heavy atom. The molecule has 0 aromatic heterocycles. The Morgan fingerprint density at radius 3 is 1.26 bits per heavy atom. The first kappa shape index (κ1) is 17.7. The summed E-state index contributed by atoms with van der Waals surface area (Å²) in [4.78, 5) is 9.23. The average molecular weight is 313 g/mol. The molecule has 0 amide bonds.